The number of nitrogens with one attached hydrogen (secondary N) is 1. The topological polar surface area (TPSA) is 56.3 Å². The molecule has 1 aliphatic heterocycles. The maximum atomic E-state index is 11.0. The number of fused-ring (bicyclic) bond motifs is 1. The van der Waals surface area contributed by atoms with Gasteiger partial charge in [-0.25, -0.2) is 0 Å². The van der Waals surface area contributed by atoms with Crippen molar-refractivity contribution in [2.75, 3.05) is 13.1 Å². The molecule has 2 N–H and O–H groups in total. The van der Waals surface area contributed by atoms with E-state index in [4.69, 9.17) is 5.11 Å². The summed E-state index contributed by atoms with van der Waals surface area (Å²) in [6, 6.07) is 8.82. The molecule has 0 aliphatic carbocycles. The number of carbonyl (C=O) groups is 1. The molecule has 2 heterocycles. The minimum Gasteiger partial charge on any atom is -0.481 e. The van der Waals surface area contributed by atoms with Crippen molar-refractivity contribution in [3.63, 3.8) is 0 Å². The lowest BCUT2D eigenvalue weighted by Crippen LogP contribution is -2.42. The van der Waals surface area contributed by atoms with Crippen LogP contribution in [0.5, 0.6) is 0 Å². The summed E-state index contributed by atoms with van der Waals surface area (Å²) in [5.41, 5.74) is 2.53. The summed E-state index contributed by atoms with van der Waals surface area (Å²) < 4.78 is 0. The first-order valence-electron chi connectivity index (χ1n) is 7.67. The smallest absolute Gasteiger partial charge is 0.306 e. The van der Waals surface area contributed by atoms with E-state index in [1.54, 1.807) is 0 Å². The summed E-state index contributed by atoms with van der Waals surface area (Å²) in [7, 11) is 0. The third-order valence-corrected chi connectivity index (χ3v) is 4.69. The van der Waals surface area contributed by atoms with Gasteiger partial charge in [-0.2, -0.15) is 0 Å². The van der Waals surface area contributed by atoms with Crippen molar-refractivity contribution >= 4 is 16.9 Å². The van der Waals surface area contributed by atoms with Crippen molar-refractivity contribution in [3.05, 3.63) is 36.0 Å². The Hall–Kier alpha value is -1.81. The number of hydrogen-bond donors (Lipinski definition) is 2. The number of aromatic amines is 1. The molecule has 112 valence electrons. The van der Waals surface area contributed by atoms with Gasteiger partial charge in [-0.1, -0.05) is 18.2 Å². The molecule has 2 aromatic rings. The Morgan fingerprint density at radius 1 is 1.38 bits per heavy atom. The average molecular weight is 286 g/mol. The lowest BCUT2D eigenvalue weighted by Gasteiger charge is -2.34. The number of benzene rings is 1. The second-order valence-corrected chi connectivity index (χ2v) is 6.06. The van der Waals surface area contributed by atoms with Crippen molar-refractivity contribution in [1.82, 2.24) is 9.88 Å². The number of likely N-dealkylation sites (tertiary alicyclic amines) is 1. The van der Waals surface area contributed by atoms with E-state index in [0.29, 0.717) is 6.04 Å². The molecule has 1 atom stereocenters. The lowest BCUT2D eigenvalue weighted by molar-refractivity contribution is -0.143. The van der Waals surface area contributed by atoms with Crippen molar-refractivity contribution < 1.29 is 9.90 Å². The Labute approximate surface area is 124 Å². The zero-order valence-electron chi connectivity index (χ0n) is 12.4. The number of carboxylic acid groups (broad SMARTS) is 1. The second kappa shape index (κ2) is 5.90. The van der Waals surface area contributed by atoms with Gasteiger partial charge in [0, 0.05) is 23.1 Å². The zero-order valence-corrected chi connectivity index (χ0v) is 12.4. The number of hydrogen-bond acceptors (Lipinski definition) is 2. The van der Waals surface area contributed by atoms with E-state index in [-0.39, 0.29) is 5.92 Å². The van der Waals surface area contributed by atoms with Gasteiger partial charge in [0.25, 0.3) is 0 Å². The molecule has 21 heavy (non-hydrogen) atoms. The van der Waals surface area contributed by atoms with Gasteiger partial charge >= 0.3 is 5.97 Å². The number of rotatable bonds is 4. The first-order valence-corrected chi connectivity index (χ1v) is 7.67. The molecule has 1 saturated heterocycles. The van der Waals surface area contributed by atoms with Crippen molar-refractivity contribution in [2.24, 2.45) is 5.92 Å². The van der Waals surface area contributed by atoms with Crippen LogP contribution in [0.15, 0.2) is 30.5 Å². The second-order valence-electron chi connectivity index (χ2n) is 6.06. The van der Waals surface area contributed by atoms with E-state index < -0.39 is 5.97 Å². The number of aliphatic carboxylic acids is 1. The van der Waals surface area contributed by atoms with Gasteiger partial charge < -0.3 is 15.0 Å². The largest absolute Gasteiger partial charge is 0.481 e. The third-order valence-electron chi connectivity index (χ3n) is 4.69. The van der Waals surface area contributed by atoms with E-state index in [1.807, 2.05) is 6.07 Å². The lowest BCUT2D eigenvalue weighted by atomic mass is 9.95. The molecular formula is C17H22N2O2. The van der Waals surface area contributed by atoms with Crippen LogP contribution in [-0.2, 0) is 11.2 Å². The number of nitrogens with zero attached hydrogens (tertiary/aromatic N) is 1. The molecule has 1 aliphatic rings. The van der Waals surface area contributed by atoms with Crippen LogP contribution in [0.1, 0.15) is 25.3 Å². The predicted molar refractivity (Wildman–Crippen MR) is 83.4 cm³/mol. The molecule has 0 amide bonds. The fourth-order valence-corrected chi connectivity index (χ4v) is 3.34. The molecular weight excluding hydrogens is 264 g/mol. The summed E-state index contributed by atoms with van der Waals surface area (Å²) >= 11 is 0. The molecule has 1 aromatic heterocycles. The minimum absolute atomic E-state index is 0.151. The van der Waals surface area contributed by atoms with Crippen LogP contribution in [0.2, 0.25) is 0 Å². The van der Waals surface area contributed by atoms with Crippen molar-refractivity contribution in [1.29, 1.82) is 0 Å². The number of aromatic nitrogens is 1. The molecule has 1 unspecified atom stereocenters. The van der Waals surface area contributed by atoms with Crippen LogP contribution in [0, 0.1) is 5.92 Å². The van der Waals surface area contributed by atoms with E-state index in [9.17, 15) is 4.79 Å². The van der Waals surface area contributed by atoms with Crippen LogP contribution < -0.4 is 0 Å². The Morgan fingerprint density at radius 2 is 2.10 bits per heavy atom. The number of para-hydroxylation sites is 1. The molecule has 1 aromatic carbocycles. The third kappa shape index (κ3) is 2.95. The Bertz CT molecular complexity index is 627. The maximum absolute atomic E-state index is 11.0. The normalized spacial score (nSPS) is 18.9. The molecule has 0 bridgehead atoms. The summed E-state index contributed by atoms with van der Waals surface area (Å²) in [6.07, 6.45) is 4.65. The number of carboxylic acids is 1. The molecule has 3 rings (SSSR count). The monoisotopic (exact) mass is 286 g/mol. The summed E-state index contributed by atoms with van der Waals surface area (Å²) in [4.78, 5) is 16.8. The quantitative estimate of drug-likeness (QED) is 0.908. The van der Waals surface area contributed by atoms with E-state index in [0.717, 1.165) is 32.4 Å². The fourth-order valence-electron chi connectivity index (χ4n) is 3.34. The fraction of sp³-hybridized carbons (Fsp3) is 0.471. The standard InChI is InChI=1S/C17H22N2O2/c1-12(19-8-6-13(7-9-19)17(20)21)10-14-11-18-16-5-3-2-4-15(14)16/h2-5,11-13,18H,6-10H2,1H3,(H,20,21). The Morgan fingerprint density at radius 3 is 2.81 bits per heavy atom. The highest BCUT2D eigenvalue weighted by Gasteiger charge is 2.27. The summed E-state index contributed by atoms with van der Waals surface area (Å²) in [6.45, 7) is 4.02. The van der Waals surface area contributed by atoms with Crippen molar-refractivity contribution in [3.8, 4) is 0 Å². The highest BCUT2D eigenvalue weighted by Crippen LogP contribution is 2.23. The van der Waals surface area contributed by atoms with Gasteiger partial charge in [0.15, 0.2) is 0 Å². The molecule has 0 spiro atoms. The SMILES string of the molecule is CC(Cc1c[nH]c2ccccc12)N1CCC(C(=O)O)CC1. The van der Waals surface area contributed by atoms with Crippen LogP contribution in [0.4, 0.5) is 0 Å². The molecule has 4 heteroatoms. The van der Waals surface area contributed by atoms with E-state index >= 15 is 0 Å². The molecule has 1 fully saturated rings. The van der Waals surface area contributed by atoms with Gasteiger partial charge in [0.2, 0.25) is 0 Å². The number of H-pyrrole nitrogens is 1. The van der Waals surface area contributed by atoms with E-state index in [1.165, 1.54) is 16.5 Å². The Balaban J connectivity index is 1.64. The highest BCUT2D eigenvalue weighted by molar-refractivity contribution is 5.83. The highest BCUT2D eigenvalue weighted by atomic mass is 16.4. The number of piperidine rings is 1. The maximum Gasteiger partial charge on any atom is 0.306 e. The van der Waals surface area contributed by atoms with Crippen LogP contribution in [0.25, 0.3) is 10.9 Å². The van der Waals surface area contributed by atoms with Crippen LogP contribution in [0.3, 0.4) is 0 Å². The van der Waals surface area contributed by atoms with Crippen LogP contribution >= 0.6 is 0 Å². The van der Waals surface area contributed by atoms with Crippen LogP contribution in [-0.4, -0.2) is 40.1 Å². The van der Waals surface area contributed by atoms with E-state index in [2.05, 4.69) is 41.2 Å². The first kappa shape index (κ1) is 14.1. The molecule has 0 saturated carbocycles. The first-order chi connectivity index (χ1) is 10.1. The predicted octanol–water partition coefficient (Wildman–Crippen LogP) is 2.90. The average Bonchev–Trinajstić information content (AvgIpc) is 2.91. The molecule has 4 nitrogen and oxygen atoms in total. The minimum atomic E-state index is -0.640. The molecule has 0 radical (unpaired) electrons. The van der Waals surface area contributed by atoms with Gasteiger partial charge in [-0.05, 0) is 50.9 Å². The Kier molecular flexibility index (Phi) is 3.97. The zero-order chi connectivity index (χ0) is 14.8. The van der Waals surface area contributed by atoms with Gasteiger partial charge in [0.1, 0.15) is 0 Å². The van der Waals surface area contributed by atoms with Gasteiger partial charge in [-0.15, -0.1) is 0 Å². The van der Waals surface area contributed by atoms with Crippen molar-refractivity contribution in [2.45, 2.75) is 32.2 Å². The summed E-state index contributed by atoms with van der Waals surface area (Å²) in [5, 5.41) is 10.4. The van der Waals surface area contributed by atoms with Gasteiger partial charge in [0.05, 0.1) is 5.92 Å². The summed E-state index contributed by atoms with van der Waals surface area (Å²) in [5.74, 6) is -0.791. The van der Waals surface area contributed by atoms with Gasteiger partial charge in [-0.3, -0.25) is 4.79 Å².